The topological polar surface area (TPSA) is 38.3 Å². The summed E-state index contributed by atoms with van der Waals surface area (Å²) in [6, 6.07) is 0. The fourth-order valence-electron chi connectivity index (χ4n) is 1.17. The van der Waals surface area contributed by atoms with Crippen LogP contribution < -0.4 is 5.32 Å². The highest BCUT2D eigenvalue weighted by atomic mass is 16.5. The van der Waals surface area contributed by atoms with Crippen molar-refractivity contribution in [1.29, 1.82) is 0 Å². The largest absolute Gasteiger partial charge is 0.381 e. The second-order valence-electron chi connectivity index (χ2n) is 3.41. The molecule has 0 aromatic rings. The van der Waals surface area contributed by atoms with Crippen molar-refractivity contribution < 1.29 is 9.53 Å². The Bertz CT molecular complexity index is 118. The van der Waals surface area contributed by atoms with Crippen molar-refractivity contribution in [3.05, 3.63) is 0 Å². The zero-order valence-corrected chi connectivity index (χ0v) is 9.18. The molecule has 14 heavy (non-hydrogen) atoms. The third kappa shape index (κ3) is 11.4. The average molecular weight is 200 g/mol. The lowest BCUT2D eigenvalue weighted by Crippen LogP contribution is -2.11. The van der Waals surface area contributed by atoms with Crippen LogP contribution in [0.5, 0.6) is 0 Å². The van der Waals surface area contributed by atoms with Gasteiger partial charge in [-0.25, -0.2) is 0 Å². The molecular weight excluding hydrogens is 178 g/mol. The van der Waals surface area contributed by atoms with Gasteiger partial charge in [0.25, 0.3) is 0 Å². The van der Waals surface area contributed by atoms with Crippen LogP contribution in [-0.4, -0.2) is 26.2 Å². The molecule has 3 nitrogen and oxygen atoms in total. The van der Waals surface area contributed by atoms with Gasteiger partial charge in [0.05, 0.1) is 0 Å². The SMILES string of the molecule is CCCCOCCCCCCN[C]=O. The summed E-state index contributed by atoms with van der Waals surface area (Å²) in [5.41, 5.74) is 0. The van der Waals surface area contributed by atoms with Crippen LogP contribution in [-0.2, 0) is 9.53 Å². The van der Waals surface area contributed by atoms with Crippen LogP contribution in [0.4, 0.5) is 0 Å². The zero-order chi connectivity index (χ0) is 10.5. The predicted molar refractivity (Wildman–Crippen MR) is 57.9 cm³/mol. The van der Waals surface area contributed by atoms with Crippen LogP contribution in [0.25, 0.3) is 0 Å². The van der Waals surface area contributed by atoms with E-state index in [0.29, 0.717) is 0 Å². The first-order valence-electron chi connectivity index (χ1n) is 5.59. The number of nitrogens with one attached hydrogen (secondary N) is 1. The minimum atomic E-state index is 0.750. The van der Waals surface area contributed by atoms with Crippen molar-refractivity contribution in [3.8, 4) is 0 Å². The quantitative estimate of drug-likeness (QED) is 0.409. The van der Waals surface area contributed by atoms with Gasteiger partial charge < -0.3 is 10.1 Å². The molecule has 1 radical (unpaired) electrons. The zero-order valence-electron chi connectivity index (χ0n) is 9.18. The van der Waals surface area contributed by atoms with Crippen LogP contribution in [0.3, 0.4) is 0 Å². The van der Waals surface area contributed by atoms with E-state index in [1.807, 2.05) is 0 Å². The summed E-state index contributed by atoms with van der Waals surface area (Å²) in [7, 11) is 0. The van der Waals surface area contributed by atoms with Gasteiger partial charge in [-0.1, -0.05) is 26.2 Å². The Kier molecular flexibility index (Phi) is 11.9. The average Bonchev–Trinajstić information content (AvgIpc) is 2.21. The Labute approximate surface area is 87.2 Å². The molecule has 0 fully saturated rings. The van der Waals surface area contributed by atoms with Crippen molar-refractivity contribution in [3.63, 3.8) is 0 Å². The van der Waals surface area contributed by atoms with Crippen LogP contribution in [0, 0.1) is 0 Å². The Morgan fingerprint density at radius 3 is 2.50 bits per heavy atom. The van der Waals surface area contributed by atoms with E-state index in [-0.39, 0.29) is 0 Å². The molecule has 83 valence electrons. The molecule has 3 heteroatoms. The van der Waals surface area contributed by atoms with E-state index in [0.717, 1.165) is 39.0 Å². The number of rotatable bonds is 11. The predicted octanol–water partition coefficient (Wildman–Crippen LogP) is 2.02. The van der Waals surface area contributed by atoms with Crippen LogP contribution in [0.2, 0.25) is 0 Å². The summed E-state index contributed by atoms with van der Waals surface area (Å²) >= 11 is 0. The van der Waals surface area contributed by atoms with Crippen molar-refractivity contribution in [2.45, 2.75) is 45.4 Å². The Morgan fingerprint density at radius 2 is 1.79 bits per heavy atom. The summed E-state index contributed by atoms with van der Waals surface area (Å²) in [4.78, 5) is 9.78. The lowest BCUT2D eigenvalue weighted by atomic mass is 10.2. The van der Waals surface area contributed by atoms with Gasteiger partial charge in [0.1, 0.15) is 0 Å². The van der Waals surface area contributed by atoms with Gasteiger partial charge in [-0.15, -0.1) is 0 Å². The molecule has 0 aliphatic heterocycles. The molecule has 1 amide bonds. The molecule has 0 unspecified atom stereocenters. The Hall–Kier alpha value is -0.570. The van der Waals surface area contributed by atoms with Gasteiger partial charge in [0, 0.05) is 19.8 Å². The van der Waals surface area contributed by atoms with Gasteiger partial charge in [-0.2, -0.15) is 0 Å². The molecule has 0 spiro atoms. The number of amides is 1. The molecule has 0 bridgehead atoms. The maximum Gasteiger partial charge on any atom is 0.309 e. The Balaban J connectivity index is 2.81. The number of hydrogen-bond acceptors (Lipinski definition) is 2. The maximum atomic E-state index is 9.78. The van der Waals surface area contributed by atoms with Crippen LogP contribution >= 0.6 is 0 Å². The van der Waals surface area contributed by atoms with Crippen molar-refractivity contribution in [2.24, 2.45) is 0 Å². The molecule has 0 heterocycles. The second kappa shape index (κ2) is 12.4. The van der Waals surface area contributed by atoms with Crippen LogP contribution in [0.15, 0.2) is 0 Å². The van der Waals surface area contributed by atoms with E-state index in [1.54, 1.807) is 6.41 Å². The fourth-order valence-corrected chi connectivity index (χ4v) is 1.17. The highest BCUT2D eigenvalue weighted by Gasteiger charge is 1.91. The number of hydrogen-bond donors (Lipinski definition) is 1. The third-order valence-corrected chi connectivity index (χ3v) is 2.05. The molecule has 1 N–H and O–H groups in total. The fraction of sp³-hybridized carbons (Fsp3) is 0.909. The standard InChI is InChI=1S/C11H22NO2/c1-2-3-9-14-10-7-5-4-6-8-12-11-13/h2-10H2,1H3,(H,12,13). The van der Waals surface area contributed by atoms with Gasteiger partial charge in [-0.05, 0) is 19.3 Å². The molecule has 0 atom stereocenters. The minimum Gasteiger partial charge on any atom is -0.381 e. The molecule has 0 saturated heterocycles. The lowest BCUT2D eigenvalue weighted by molar-refractivity contribution is 0.127. The Morgan fingerprint density at radius 1 is 1.07 bits per heavy atom. The number of carbonyl (C=O) groups excluding carboxylic acids is 1. The molecule has 0 aromatic heterocycles. The van der Waals surface area contributed by atoms with E-state index < -0.39 is 0 Å². The van der Waals surface area contributed by atoms with E-state index in [2.05, 4.69) is 12.2 Å². The normalized spacial score (nSPS) is 10.1. The molecule has 0 saturated carbocycles. The summed E-state index contributed by atoms with van der Waals surface area (Å²) in [5, 5.41) is 2.53. The van der Waals surface area contributed by atoms with E-state index in [4.69, 9.17) is 4.74 Å². The summed E-state index contributed by atoms with van der Waals surface area (Å²) < 4.78 is 5.42. The maximum absolute atomic E-state index is 9.78. The van der Waals surface area contributed by atoms with Gasteiger partial charge >= 0.3 is 6.41 Å². The summed E-state index contributed by atoms with van der Waals surface area (Å²) in [5.74, 6) is 0. The van der Waals surface area contributed by atoms with Crippen molar-refractivity contribution >= 4 is 6.41 Å². The highest BCUT2D eigenvalue weighted by Crippen LogP contribution is 1.99. The summed E-state index contributed by atoms with van der Waals surface area (Å²) in [6.45, 7) is 4.70. The molecule has 0 aliphatic rings. The molecule has 0 aromatic carbocycles. The number of unbranched alkanes of at least 4 members (excludes halogenated alkanes) is 4. The second-order valence-corrected chi connectivity index (χ2v) is 3.41. The van der Waals surface area contributed by atoms with E-state index in [1.165, 1.54) is 19.3 Å². The van der Waals surface area contributed by atoms with E-state index in [9.17, 15) is 4.79 Å². The first-order valence-corrected chi connectivity index (χ1v) is 5.59. The van der Waals surface area contributed by atoms with Crippen molar-refractivity contribution in [1.82, 2.24) is 5.32 Å². The smallest absolute Gasteiger partial charge is 0.309 e. The summed E-state index contributed by atoms with van der Waals surface area (Å²) in [6.07, 6.45) is 8.56. The van der Waals surface area contributed by atoms with Gasteiger partial charge in [0.15, 0.2) is 0 Å². The van der Waals surface area contributed by atoms with Crippen molar-refractivity contribution in [2.75, 3.05) is 19.8 Å². The van der Waals surface area contributed by atoms with Gasteiger partial charge in [-0.3, -0.25) is 4.79 Å². The number of ether oxygens (including phenoxy) is 1. The van der Waals surface area contributed by atoms with E-state index >= 15 is 0 Å². The van der Waals surface area contributed by atoms with Gasteiger partial charge in [0.2, 0.25) is 0 Å². The third-order valence-electron chi connectivity index (χ3n) is 2.05. The monoisotopic (exact) mass is 200 g/mol. The molecule has 0 rings (SSSR count). The lowest BCUT2D eigenvalue weighted by Gasteiger charge is -2.02. The van der Waals surface area contributed by atoms with Crippen LogP contribution in [0.1, 0.15) is 45.4 Å². The minimum absolute atomic E-state index is 0.750. The molecule has 0 aliphatic carbocycles. The highest BCUT2D eigenvalue weighted by molar-refractivity contribution is 5.46. The molecular formula is C11H22NO2. The first kappa shape index (κ1) is 13.4. The first-order chi connectivity index (χ1) is 6.91.